The first-order chi connectivity index (χ1) is 13.8. The van der Waals surface area contributed by atoms with E-state index < -0.39 is 11.7 Å². The van der Waals surface area contributed by atoms with Crippen molar-refractivity contribution in [1.29, 1.82) is 0 Å². The maximum Gasteiger partial charge on any atom is 0.417 e. The molecule has 2 heterocycles. The average Bonchev–Trinajstić information content (AvgIpc) is 3.30. The number of rotatable bonds is 7. The summed E-state index contributed by atoms with van der Waals surface area (Å²) in [6, 6.07) is 5.30. The topological polar surface area (TPSA) is 48.1 Å². The molecule has 8 heteroatoms. The summed E-state index contributed by atoms with van der Waals surface area (Å²) in [5, 5.41) is 2.55. The molecule has 1 aromatic heterocycles. The van der Waals surface area contributed by atoms with Gasteiger partial charge in [-0.1, -0.05) is 17.7 Å². The van der Waals surface area contributed by atoms with Crippen LogP contribution in [0.4, 0.5) is 13.2 Å². The van der Waals surface area contributed by atoms with E-state index in [4.69, 9.17) is 11.6 Å². The lowest BCUT2D eigenvalue weighted by Gasteiger charge is -2.13. The highest BCUT2D eigenvalue weighted by molar-refractivity contribution is 6.31. The highest BCUT2D eigenvalue weighted by Gasteiger charge is 2.33. The van der Waals surface area contributed by atoms with Crippen LogP contribution in [0, 0.1) is 6.92 Å². The van der Waals surface area contributed by atoms with Gasteiger partial charge in [0.2, 0.25) is 0 Å². The van der Waals surface area contributed by atoms with E-state index in [0.717, 1.165) is 25.5 Å². The molecule has 4 nitrogen and oxygen atoms in total. The fourth-order valence-electron chi connectivity index (χ4n) is 3.62. The molecule has 29 heavy (non-hydrogen) atoms. The molecule has 0 spiro atoms. The molecule has 1 saturated heterocycles. The Kier molecular flexibility index (Phi) is 6.90. The summed E-state index contributed by atoms with van der Waals surface area (Å²) in [6.07, 6.45) is -0.0782. The van der Waals surface area contributed by atoms with Crippen molar-refractivity contribution in [2.75, 3.05) is 26.2 Å². The smallest absolute Gasteiger partial charge is 0.358 e. The number of halogens is 4. The Hall–Kier alpha value is -1.99. The third-order valence-electron chi connectivity index (χ3n) is 5.23. The van der Waals surface area contributed by atoms with Crippen molar-refractivity contribution in [1.82, 2.24) is 15.2 Å². The second-order valence-corrected chi connectivity index (χ2v) is 7.83. The lowest BCUT2D eigenvalue weighted by atomic mass is 10.1. The minimum absolute atomic E-state index is 0.226. The quantitative estimate of drug-likeness (QED) is 0.591. The van der Waals surface area contributed by atoms with Crippen molar-refractivity contribution in [2.45, 2.75) is 38.8 Å². The summed E-state index contributed by atoms with van der Waals surface area (Å²) < 4.78 is 39.3. The van der Waals surface area contributed by atoms with Crippen molar-refractivity contribution in [3.05, 3.63) is 46.1 Å². The Morgan fingerprint density at radius 3 is 2.62 bits per heavy atom. The van der Waals surface area contributed by atoms with Crippen LogP contribution in [0.3, 0.4) is 0 Å². The van der Waals surface area contributed by atoms with Crippen LogP contribution in [0.1, 0.15) is 47.3 Å². The molecule has 0 bridgehead atoms. The molecule has 158 valence electrons. The molecule has 0 unspecified atom stereocenters. The van der Waals surface area contributed by atoms with Crippen LogP contribution < -0.4 is 5.32 Å². The normalized spacial score (nSPS) is 15.1. The third kappa shape index (κ3) is 5.54. The van der Waals surface area contributed by atoms with Gasteiger partial charge in [0.1, 0.15) is 0 Å². The van der Waals surface area contributed by atoms with Gasteiger partial charge in [-0.05, 0) is 76.0 Å². The number of carbonyl (C=O) groups excluding carboxylic acids is 1. The van der Waals surface area contributed by atoms with E-state index in [1.165, 1.54) is 38.1 Å². The largest absolute Gasteiger partial charge is 0.417 e. The number of aromatic nitrogens is 1. The van der Waals surface area contributed by atoms with Crippen molar-refractivity contribution >= 4 is 17.5 Å². The molecule has 1 amide bonds. The Balaban J connectivity index is 1.60. The maximum absolute atomic E-state index is 13.1. The zero-order valence-corrected chi connectivity index (χ0v) is 17.1. The molecule has 1 aromatic carbocycles. The number of likely N-dealkylation sites (tertiary alicyclic amines) is 1. The molecule has 2 N–H and O–H groups in total. The van der Waals surface area contributed by atoms with Crippen LogP contribution in [0.15, 0.2) is 24.3 Å². The van der Waals surface area contributed by atoms with E-state index in [1.54, 1.807) is 13.0 Å². The van der Waals surface area contributed by atoms with Gasteiger partial charge in [-0.25, -0.2) is 0 Å². The number of nitrogens with zero attached hydrogens (tertiary/aromatic N) is 1. The van der Waals surface area contributed by atoms with Crippen molar-refractivity contribution in [2.24, 2.45) is 0 Å². The minimum Gasteiger partial charge on any atom is -0.358 e. The Morgan fingerprint density at radius 1 is 1.21 bits per heavy atom. The first kappa shape index (κ1) is 21.7. The lowest BCUT2D eigenvalue weighted by Crippen LogP contribution is -2.26. The number of H-pyrrole nitrogens is 1. The van der Waals surface area contributed by atoms with Gasteiger partial charge in [0, 0.05) is 17.9 Å². The molecular formula is C21H25ClF3N3O. The fourth-order valence-corrected chi connectivity index (χ4v) is 3.85. The number of hydrogen-bond donors (Lipinski definition) is 2. The van der Waals surface area contributed by atoms with E-state index in [-0.39, 0.29) is 10.9 Å². The lowest BCUT2D eigenvalue weighted by molar-refractivity contribution is -0.137. The summed E-state index contributed by atoms with van der Waals surface area (Å²) in [4.78, 5) is 17.9. The Bertz CT molecular complexity index is 857. The molecule has 0 aliphatic carbocycles. The number of carbonyl (C=O) groups is 1. The Labute approximate surface area is 173 Å². The molecular weight excluding hydrogens is 403 g/mol. The molecule has 1 aliphatic heterocycles. The standard InChI is InChI=1S/C21H25ClF3N3O/c1-14-16(20(29)26-8-2-3-9-28-10-4-5-11-28)13-19(27-14)15-6-7-18(22)17(12-15)21(23,24)25/h6-7,12-13,27H,2-5,8-11H2,1H3,(H,26,29). The van der Waals surface area contributed by atoms with Crippen LogP contribution in [-0.4, -0.2) is 42.0 Å². The molecule has 2 aromatic rings. The van der Waals surface area contributed by atoms with Gasteiger partial charge >= 0.3 is 6.18 Å². The highest BCUT2D eigenvalue weighted by atomic mass is 35.5. The van der Waals surface area contributed by atoms with E-state index >= 15 is 0 Å². The summed E-state index contributed by atoms with van der Waals surface area (Å²) in [7, 11) is 0. The van der Waals surface area contributed by atoms with Crippen molar-refractivity contribution in [3.8, 4) is 11.3 Å². The fraction of sp³-hybridized carbons (Fsp3) is 0.476. The third-order valence-corrected chi connectivity index (χ3v) is 5.56. The number of benzene rings is 1. The van der Waals surface area contributed by atoms with Gasteiger partial charge in [-0.15, -0.1) is 0 Å². The second-order valence-electron chi connectivity index (χ2n) is 7.43. The summed E-state index contributed by atoms with van der Waals surface area (Å²) >= 11 is 5.68. The van der Waals surface area contributed by atoms with Crippen molar-refractivity contribution < 1.29 is 18.0 Å². The SMILES string of the molecule is Cc1[nH]c(-c2ccc(Cl)c(C(F)(F)F)c2)cc1C(=O)NCCCCN1CCCC1. The van der Waals surface area contributed by atoms with E-state index in [2.05, 4.69) is 15.2 Å². The number of alkyl halides is 3. The van der Waals surface area contributed by atoms with E-state index in [1.807, 2.05) is 0 Å². The van der Waals surface area contributed by atoms with Gasteiger partial charge in [-0.3, -0.25) is 4.79 Å². The van der Waals surface area contributed by atoms with Gasteiger partial charge in [0.05, 0.1) is 16.1 Å². The first-order valence-corrected chi connectivity index (χ1v) is 10.2. The van der Waals surface area contributed by atoms with Crippen LogP contribution in [0.25, 0.3) is 11.3 Å². The van der Waals surface area contributed by atoms with Crippen LogP contribution >= 0.6 is 11.6 Å². The summed E-state index contributed by atoms with van der Waals surface area (Å²) in [5.41, 5.74) is 0.924. The highest BCUT2D eigenvalue weighted by Crippen LogP contribution is 2.37. The molecule has 3 rings (SSSR count). The molecule has 0 atom stereocenters. The van der Waals surface area contributed by atoms with Gasteiger partial charge < -0.3 is 15.2 Å². The van der Waals surface area contributed by atoms with Gasteiger partial charge in [-0.2, -0.15) is 13.2 Å². The van der Waals surface area contributed by atoms with Crippen LogP contribution in [-0.2, 0) is 6.18 Å². The first-order valence-electron chi connectivity index (χ1n) is 9.83. The second kappa shape index (κ2) is 9.22. The van der Waals surface area contributed by atoms with E-state index in [0.29, 0.717) is 29.1 Å². The summed E-state index contributed by atoms with van der Waals surface area (Å²) in [6.45, 7) is 5.69. The van der Waals surface area contributed by atoms with Gasteiger partial charge in [0.15, 0.2) is 0 Å². The minimum atomic E-state index is -4.54. The number of nitrogens with one attached hydrogen (secondary N) is 2. The van der Waals surface area contributed by atoms with Gasteiger partial charge in [0.25, 0.3) is 5.91 Å². The van der Waals surface area contributed by atoms with Crippen LogP contribution in [0.2, 0.25) is 5.02 Å². The van der Waals surface area contributed by atoms with Crippen molar-refractivity contribution in [3.63, 3.8) is 0 Å². The average molecular weight is 428 g/mol. The molecule has 1 fully saturated rings. The van der Waals surface area contributed by atoms with Crippen LogP contribution in [0.5, 0.6) is 0 Å². The number of aromatic amines is 1. The zero-order valence-electron chi connectivity index (χ0n) is 16.3. The predicted molar refractivity (Wildman–Crippen MR) is 108 cm³/mol. The van der Waals surface area contributed by atoms with E-state index in [9.17, 15) is 18.0 Å². The maximum atomic E-state index is 13.1. The monoisotopic (exact) mass is 427 g/mol. The Morgan fingerprint density at radius 2 is 1.93 bits per heavy atom. The molecule has 0 radical (unpaired) electrons. The predicted octanol–water partition coefficient (Wildman–Crippen LogP) is 5.27. The number of hydrogen-bond acceptors (Lipinski definition) is 2. The number of aryl methyl sites for hydroxylation is 1. The number of amides is 1. The zero-order chi connectivity index (χ0) is 21.0. The molecule has 0 saturated carbocycles. The number of unbranched alkanes of at least 4 members (excludes halogenated alkanes) is 1. The summed E-state index contributed by atoms with van der Waals surface area (Å²) in [5.74, 6) is -0.226. The molecule has 1 aliphatic rings.